The van der Waals surface area contributed by atoms with Gasteiger partial charge in [-0.05, 0) is 45.1 Å². The maximum atomic E-state index is 11.1. The van der Waals surface area contributed by atoms with Gasteiger partial charge in [0.05, 0.1) is 6.61 Å². The second kappa shape index (κ2) is 8.51. The van der Waals surface area contributed by atoms with Crippen molar-refractivity contribution < 1.29 is 9.53 Å². The van der Waals surface area contributed by atoms with Crippen LogP contribution in [0.4, 0.5) is 0 Å². The van der Waals surface area contributed by atoms with Gasteiger partial charge in [-0.15, -0.1) is 0 Å². The molecule has 0 radical (unpaired) electrons. The molecule has 0 aliphatic heterocycles. The van der Waals surface area contributed by atoms with Gasteiger partial charge >= 0.3 is 5.97 Å². The number of esters is 1. The lowest BCUT2D eigenvalue weighted by Gasteiger charge is -2.16. The van der Waals surface area contributed by atoms with E-state index in [4.69, 9.17) is 4.74 Å². The molecule has 3 heteroatoms. The van der Waals surface area contributed by atoms with Gasteiger partial charge in [-0.3, -0.25) is 4.79 Å². The Morgan fingerprint density at radius 2 is 2.12 bits per heavy atom. The van der Waals surface area contributed by atoms with Crippen LogP contribution in [0.5, 0.6) is 0 Å². The molecule has 0 spiro atoms. The van der Waals surface area contributed by atoms with E-state index >= 15 is 0 Å². The largest absolute Gasteiger partial charge is 0.466 e. The number of carbonyl (C=O) groups is 1. The van der Waals surface area contributed by atoms with Crippen LogP contribution in [0.1, 0.15) is 58.8 Å². The van der Waals surface area contributed by atoms with Crippen molar-refractivity contribution in [3.63, 3.8) is 0 Å². The lowest BCUT2D eigenvalue weighted by molar-refractivity contribution is -0.143. The molecular weight excluding hydrogens is 214 g/mol. The van der Waals surface area contributed by atoms with E-state index in [1.54, 1.807) is 0 Å². The lowest BCUT2D eigenvalue weighted by Crippen LogP contribution is -2.29. The Labute approximate surface area is 105 Å². The first-order valence-corrected chi connectivity index (χ1v) is 7.11. The first-order valence-electron chi connectivity index (χ1n) is 7.11. The topological polar surface area (TPSA) is 38.3 Å². The quantitative estimate of drug-likeness (QED) is 0.441. The molecule has 0 bridgehead atoms. The normalized spacial score (nSPS) is 25.3. The standard InChI is InChI=1S/C14H27NO2/c1-3-17-14(16)8-5-11-15-13-7-4-6-12(2)9-10-13/h12-13,15H,3-11H2,1-2H3. The number of hydrogen-bond acceptors (Lipinski definition) is 3. The zero-order valence-corrected chi connectivity index (χ0v) is 11.3. The molecule has 0 saturated heterocycles. The van der Waals surface area contributed by atoms with Gasteiger partial charge in [-0.1, -0.05) is 19.8 Å². The fraction of sp³-hybridized carbons (Fsp3) is 0.929. The van der Waals surface area contributed by atoms with Gasteiger partial charge in [-0.25, -0.2) is 0 Å². The van der Waals surface area contributed by atoms with E-state index in [-0.39, 0.29) is 5.97 Å². The summed E-state index contributed by atoms with van der Waals surface area (Å²) in [4.78, 5) is 11.1. The maximum Gasteiger partial charge on any atom is 0.305 e. The van der Waals surface area contributed by atoms with Crippen LogP contribution in [0.2, 0.25) is 0 Å². The van der Waals surface area contributed by atoms with Gasteiger partial charge in [0.1, 0.15) is 0 Å². The van der Waals surface area contributed by atoms with Gasteiger partial charge in [0.2, 0.25) is 0 Å². The second-order valence-corrected chi connectivity index (χ2v) is 5.17. The van der Waals surface area contributed by atoms with Crippen molar-refractivity contribution in [3.05, 3.63) is 0 Å². The van der Waals surface area contributed by atoms with Crippen LogP contribution in [-0.2, 0) is 9.53 Å². The van der Waals surface area contributed by atoms with E-state index in [2.05, 4.69) is 12.2 Å². The third-order valence-corrected chi connectivity index (χ3v) is 3.55. The molecule has 0 aromatic heterocycles. The van der Waals surface area contributed by atoms with Crippen molar-refractivity contribution in [3.8, 4) is 0 Å². The van der Waals surface area contributed by atoms with E-state index in [0.717, 1.165) is 18.9 Å². The third kappa shape index (κ3) is 6.67. The molecule has 1 aliphatic rings. The summed E-state index contributed by atoms with van der Waals surface area (Å²) in [5.74, 6) is 0.824. The number of nitrogens with one attached hydrogen (secondary N) is 1. The molecule has 0 heterocycles. The maximum absolute atomic E-state index is 11.1. The molecule has 0 amide bonds. The Morgan fingerprint density at radius 1 is 1.29 bits per heavy atom. The van der Waals surface area contributed by atoms with Crippen LogP contribution in [0.15, 0.2) is 0 Å². The molecule has 1 rings (SSSR count). The van der Waals surface area contributed by atoms with Gasteiger partial charge in [0.25, 0.3) is 0 Å². The van der Waals surface area contributed by atoms with Gasteiger partial charge < -0.3 is 10.1 Å². The van der Waals surface area contributed by atoms with Gasteiger partial charge in [0.15, 0.2) is 0 Å². The zero-order valence-electron chi connectivity index (χ0n) is 11.3. The van der Waals surface area contributed by atoms with Crippen LogP contribution in [0.25, 0.3) is 0 Å². The first-order chi connectivity index (χ1) is 8.22. The summed E-state index contributed by atoms with van der Waals surface area (Å²) in [7, 11) is 0. The Morgan fingerprint density at radius 3 is 2.88 bits per heavy atom. The predicted octanol–water partition coefficient (Wildman–Crippen LogP) is 2.89. The highest BCUT2D eigenvalue weighted by atomic mass is 16.5. The highest BCUT2D eigenvalue weighted by Gasteiger charge is 2.15. The molecule has 2 atom stereocenters. The summed E-state index contributed by atoms with van der Waals surface area (Å²) in [6, 6.07) is 0.669. The minimum Gasteiger partial charge on any atom is -0.466 e. The highest BCUT2D eigenvalue weighted by Crippen LogP contribution is 2.22. The van der Waals surface area contributed by atoms with Crippen molar-refractivity contribution in [2.24, 2.45) is 5.92 Å². The SMILES string of the molecule is CCOC(=O)CCCNC1CCCC(C)CC1. The van der Waals surface area contributed by atoms with E-state index < -0.39 is 0 Å². The summed E-state index contributed by atoms with van der Waals surface area (Å²) in [6.07, 6.45) is 8.09. The molecule has 0 aromatic rings. The molecule has 2 unspecified atom stereocenters. The summed E-state index contributed by atoms with van der Waals surface area (Å²) in [5.41, 5.74) is 0. The Bertz CT molecular complexity index is 218. The summed E-state index contributed by atoms with van der Waals surface area (Å²) in [5, 5.41) is 3.57. The monoisotopic (exact) mass is 241 g/mol. The minimum atomic E-state index is -0.0659. The Balaban J connectivity index is 2.04. The fourth-order valence-corrected chi connectivity index (χ4v) is 2.46. The highest BCUT2D eigenvalue weighted by molar-refractivity contribution is 5.69. The molecule has 1 N–H and O–H groups in total. The molecule has 17 heavy (non-hydrogen) atoms. The zero-order chi connectivity index (χ0) is 12.5. The molecule has 3 nitrogen and oxygen atoms in total. The van der Waals surface area contributed by atoms with E-state index in [1.807, 2.05) is 6.92 Å². The van der Waals surface area contributed by atoms with Crippen LogP contribution in [0, 0.1) is 5.92 Å². The molecule has 0 aromatic carbocycles. The average molecular weight is 241 g/mol. The molecule has 100 valence electrons. The summed E-state index contributed by atoms with van der Waals surface area (Å²) >= 11 is 0. The number of ether oxygens (including phenoxy) is 1. The molecule has 1 aliphatic carbocycles. The van der Waals surface area contributed by atoms with Crippen molar-refractivity contribution >= 4 is 5.97 Å². The van der Waals surface area contributed by atoms with E-state index in [9.17, 15) is 4.79 Å². The predicted molar refractivity (Wildman–Crippen MR) is 69.9 cm³/mol. The number of rotatable bonds is 6. The Hall–Kier alpha value is -0.570. The third-order valence-electron chi connectivity index (χ3n) is 3.55. The van der Waals surface area contributed by atoms with Crippen molar-refractivity contribution in [1.82, 2.24) is 5.32 Å². The van der Waals surface area contributed by atoms with E-state index in [0.29, 0.717) is 19.1 Å². The fourth-order valence-electron chi connectivity index (χ4n) is 2.46. The smallest absolute Gasteiger partial charge is 0.305 e. The number of carbonyl (C=O) groups excluding carboxylic acids is 1. The summed E-state index contributed by atoms with van der Waals surface area (Å²) < 4.78 is 4.90. The molecule has 1 saturated carbocycles. The van der Waals surface area contributed by atoms with Gasteiger partial charge in [0, 0.05) is 12.5 Å². The number of hydrogen-bond donors (Lipinski definition) is 1. The molecule has 1 fully saturated rings. The first kappa shape index (κ1) is 14.5. The Kier molecular flexibility index (Phi) is 7.25. The van der Waals surface area contributed by atoms with Crippen LogP contribution in [-0.4, -0.2) is 25.2 Å². The summed E-state index contributed by atoms with van der Waals surface area (Å²) in [6.45, 7) is 5.64. The van der Waals surface area contributed by atoms with Crippen molar-refractivity contribution in [1.29, 1.82) is 0 Å². The molecular formula is C14H27NO2. The van der Waals surface area contributed by atoms with Crippen molar-refractivity contribution in [2.75, 3.05) is 13.2 Å². The average Bonchev–Trinajstić information content (AvgIpc) is 2.50. The van der Waals surface area contributed by atoms with Crippen LogP contribution >= 0.6 is 0 Å². The second-order valence-electron chi connectivity index (χ2n) is 5.17. The lowest BCUT2D eigenvalue weighted by atomic mass is 10.0. The van der Waals surface area contributed by atoms with E-state index in [1.165, 1.54) is 32.1 Å². The van der Waals surface area contributed by atoms with Crippen LogP contribution in [0.3, 0.4) is 0 Å². The minimum absolute atomic E-state index is 0.0659. The van der Waals surface area contributed by atoms with Crippen molar-refractivity contribution in [2.45, 2.75) is 64.8 Å². The van der Waals surface area contributed by atoms with Crippen LogP contribution < -0.4 is 5.32 Å². The van der Waals surface area contributed by atoms with Gasteiger partial charge in [-0.2, -0.15) is 0 Å².